The number of hydrogen-bond acceptors (Lipinski definition) is 7. The monoisotopic (exact) mass is 447 g/mol. The van der Waals surface area contributed by atoms with Gasteiger partial charge in [-0.15, -0.1) is 0 Å². The van der Waals surface area contributed by atoms with Crippen LogP contribution >= 0.6 is 0 Å². The number of hydrazone groups is 1. The number of carbonyl (C=O) groups excluding carboxylic acids is 2. The standard InChI is InChI=1S/C24H21N3O6/c1-3-32-22-13-17(9-12-21(22)33-24(29)18-10-7-16(2)8-11-18)15-25-26-23(28)19-5-4-6-20(14-19)27(30)31/h4-15H,3H2,1-2H3,(H,26,28)/b25-15+. The van der Waals surface area contributed by atoms with Crippen molar-refractivity contribution in [2.75, 3.05) is 6.61 Å². The summed E-state index contributed by atoms with van der Waals surface area (Å²) in [6.45, 7) is 4.07. The van der Waals surface area contributed by atoms with Gasteiger partial charge < -0.3 is 9.47 Å². The van der Waals surface area contributed by atoms with Gasteiger partial charge in [0.05, 0.1) is 23.3 Å². The predicted molar refractivity (Wildman–Crippen MR) is 122 cm³/mol. The molecule has 3 aromatic rings. The molecule has 0 aliphatic heterocycles. The van der Waals surface area contributed by atoms with E-state index in [0.29, 0.717) is 23.5 Å². The Morgan fingerprint density at radius 1 is 1.03 bits per heavy atom. The zero-order chi connectivity index (χ0) is 23.8. The van der Waals surface area contributed by atoms with Gasteiger partial charge in [-0.1, -0.05) is 23.8 Å². The topological polar surface area (TPSA) is 120 Å². The van der Waals surface area contributed by atoms with Gasteiger partial charge in [-0.05, 0) is 55.8 Å². The molecule has 0 aromatic heterocycles. The van der Waals surface area contributed by atoms with Crippen molar-refractivity contribution in [1.82, 2.24) is 5.43 Å². The smallest absolute Gasteiger partial charge is 0.343 e. The van der Waals surface area contributed by atoms with Crippen LogP contribution in [0.4, 0.5) is 5.69 Å². The molecule has 0 bridgehead atoms. The second kappa shape index (κ2) is 10.7. The lowest BCUT2D eigenvalue weighted by Gasteiger charge is -2.11. The lowest BCUT2D eigenvalue weighted by atomic mass is 10.1. The highest BCUT2D eigenvalue weighted by Gasteiger charge is 2.14. The highest BCUT2D eigenvalue weighted by atomic mass is 16.6. The van der Waals surface area contributed by atoms with E-state index in [-0.39, 0.29) is 17.0 Å². The molecular weight excluding hydrogens is 426 g/mol. The highest BCUT2D eigenvalue weighted by molar-refractivity contribution is 5.95. The van der Waals surface area contributed by atoms with E-state index in [1.165, 1.54) is 24.4 Å². The number of rotatable bonds is 8. The fraction of sp³-hybridized carbons (Fsp3) is 0.125. The van der Waals surface area contributed by atoms with Gasteiger partial charge in [0.25, 0.3) is 11.6 Å². The quantitative estimate of drug-likeness (QED) is 0.181. The van der Waals surface area contributed by atoms with Crippen molar-refractivity contribution in [3.63, 3.8) is 0 Å². The van der Waals surface area contributed by atoms with E-state index in [0.717, 1.165) is 11.6 Å². The van der Waals surface area contributed by atoms with Gasteiger partial charge in [-0.3, -0.25) is 14.9 Å². The highest BCUT2D eigenvalue weighted by Crippen LogP contribution is 2.29. The van der Waals surface area contributed by atoms with E-state index in [9.17, 15) is 19.7 Å². The van der Waals surface area contributed by atoms with Crippen molar-refractivity contribution >= 4 is 23.8 Å². The molecule has 0 fully saturated rings. The molecule has 0 aliphatic rings. The second-order valence-electron chi connectivity index (χ2n) is 6.90. The van der Waals surface area contributed by atoms with Crippen LogP contribution in [-0.2, 0) is 0 Å². The molecule has 0 atom stereocenters. The number of carbonyl (C=O) groups is 2. The number of nitro groups is 1. The number of nitrogens with zero attached hydrogens (tertiary/aromatic N) is 2. The van der Waals surface area contributed by atoms with Crippen molar-refractivity contribution in [3.05, 3.63) is 99.1 Å². The van der Waals surface area contributed by atoms with Crippen molar-refractivity contribution in [1.29, 1.82) is 0 Å². The summed E-state index contributed by atoms with van der Waals surface area (Å²) in [6.07, 6.45) is 1.38. The van der Waals surface area contributed by atoms with Gasteiger partial charge in [0.1, 0.15) is 0 Å². The molecule has 9 heteroatoms. The van der Waals surface area contributed by atoms with Gasteiger partial charge in [-0.25, -0.2) is 10.2 Å². The number of ether oxygens (including phenoxy) is 2. The lowest BCUT2D eigenvalue weighted by molar-refractivity contribution is -0.384. The number of aryl methyl sites for hydroxylation is 1. The number of nitrogens with one attached hydrogen (secondary N) is 1. The summed E-state index contributed by atoms with van der Waals surface area (Å²) in [4.78, 5) is 34.9. The van der Waals surface area contributed by atoms with E-state index < -0.39 is 16.8 Å². The van der Waals surface area contributed by atoms with E-state index in [1.54, 1.807) is 37.3 Å². The number of non-ortho nitro benzene ring substituents is 1. The molecule has 33 heavy (non-hydrogen) atoms. The third-order valence-corrected chi connectivity index (χ3v) is 4.46. The van der Waals surface area contributed by atoms with E-state index in [2.05, 4.69) is 10.5 Å². The van der Waals surface area contributed by atoms with Crippen LogP contribution in [-0.4, -0.2) is 29.6 Å². The fourth-order valence-electron chi connectivity index (χ4n) is 2.80. The summed E-state index contributed by atoms with van der Waals surface area (Å²) in [5.41, 5.74) is 4.26. The fourth-order valence-corrected chi connectivity index (χ4v) is 2.80. The molecule has 0 saturated carbocycles. The Labute approximate surface area is 189 Å². The molecule has 0 unspecified atom stereocenters. The molecule has 9 nitrogen and oxygen atoms in total. The summed E-state index contributed by atoms with van der Waals surface area (Å²) in [5, 5.41) is 14.7. The largest absolute Gasteiger partial charge is 0.490 e. The van der Waals surface area contributed by atoms with E-state index >= 15 is 0 Å². The Kier molecular flexibility index (Phi) is 7.48. The van der Waals surface area contributed by atoms with Crippen molar-refractivity contribution in [2.45, 2.75) is 13.8 Å². The van der Waals surface area contributed by atoms with Gasteiger partial charge >= 0.3 is 5.97 Å². The molecule has 3 aromatic carbocycles. The maximum absolute atomic E-state index is 12.4. The van der Waals surface area contributed by atoms with Crippen LogP contribution < -0.4 is 14.9 Å². The molecule has 0 aliphatic carbocycles. The first-order valence-corrected chi connectivity index (χ1v) is 10.0. The summed E-state index contributed by atoms with van der Waals surface area (Å²) < 4.78 is 11.1. The minimum atomic E-state index is -0.594. The summed E-state index contributed by atoms with van der Waals surface area (Å²) >= 11 is 0. The zero-order valence-electron chi connectivity index (χ0n) is 18.0. The summed E-state index contributed by atoms with van der Waals surface area (Å²) in [7, 11) is 0. The maximum atomic E-state index is 12.4. The first-order valence-electron chi connectivity index (χ1n) is 10.0. The molecule has 0 heterocycles. The third-order valence-electron chi connectivity index (χ3n) is 4.46. The number of amides is 1. The van der Waals surface area contributed by atoms with E-state index in [1.807, 2.05) is 19.1 Å². The van der Waals surface area contributed by atoms with E-state index in [4.69, 9.17) is 9.47 Å². The second-order valence-corrected chi connectivity index (χ2v) is 6.90. The van der Waals surface area contributed by atoms with Crippen LogP contribution in [0.2, 0.25) is 0 Å². The minimum Gasteiger partial charge on any atom is -0.490 e. The van der Waals surface area contributed by atoms with Crippen molar-refractivity contribution in [3.8, 4) is 11.5 Å². The molecule has 0 radical (unpaired) electrons. The van der Waals surface area contributed by atoms with Gasteiger partial charge in [0.2, 0.25) is 0 Å². The third kappa shape index (κ3) is 6.23. The molecule has 1 N–H and O–H groups in total. The number of esters is 1. The van der Waals surface area contributed by atoms with Crippen LogP contribution in [0.25, 0.3) is 0 Å². The molecule has 0 spiro atoms. The summed E-state index contributed by atoms with van der Waals surface area (Å²) in [6, 6.07) is 17.2. The van der Waals surface area contributed by atoms with Crippen LogP contribution in [0.3, 0.4) is 0 Å². The molecule has 0 saturated heterocycles. The Morgan fingerprint density at radius 2 is 1.79 bits per heavy atom. The van der Waals surface area contributed by atoms with Gasteiger partial charge in [-0.2, -0.15) is 5.10 Å². The van der Waals surface area contributed by atoms with Crippen molar-refractivity contribution in [2.24, 2.45) is 5.10 Å². The number of benzene rings is 3. The normalized spacial score (nSPS) is 10.6. The van der Waals surface area contributed by atoms with Gasteiger partial charge in [0.15, 0.2) is 11.5 Å². The molecule has 3 rings (SSSR count). The van der Waals surface area contributed by atoms with Crippen molar-refractivity contribution < 1.29 is 24.0 Å². The SMILES string of the molecule is CCOc1cc(/C=N/NC(=O)c2cccc([N+](=O)[O-])c2)ccc1OC(=O)c1ccc(C)cc1. The average molecular weight is 447 g/mol. The predicted octanol–water partition coefficient (Wildman–Crippen LogP) is 4.29. The minimum absolute atomic E-state index is 0.106. The number of hydrogen-bond donors (Lipinski definition) is 1. The first kappa shape index (κ1) is 23.1. The Morgan fingerprint density at radius 3 is 2.48 bits per heavy atom. The van der Waals surface area contributed by atoms with Crippen LogP contribution in [0.15, 0.2) is 71.8 Å². The Balaban J connectivity index is 1.70. The van der Waals surface area contributed by atoms with Crippen LogP contribution in [0.5, 0.6) is 11.5 Å². The maximum Gasteiger partial charge on any atom is 0.343 e. The molecule has 168 valence electrons. The average Bonchev–Trinajstić information content (AvgIpc) is 2.81. The molecular formula is C24H21N3O6. The Hall–Kier alpha value is -4.53. The zero-order valence-corrected chi connectivity index (χ0v) is 18.0. The Bertz CT molecular complexity index is 1210. The number of nitro benzene ring substituents is 1. The van der Waals surface area contributed by atoms with Crippen LogP contribution in [0, 0.1) is 17.0 Å². The first-order chi connectivity index (χ1) is 15.9. The molecule has 1 amide bonds. The summed E-state index contributed by atoms with van der Waals surface area (Å²) in [5.74, 6) is -0.516. The van der Waals surface area contributed by atoms with Gasteiger partial charge in [0, 0.05) is 17.7 Å². The lowest BCUT2D eigenvalue weighted by Crippen LogP contribution is -2.17. The van der Waals surface area contributed by atoms with Crippen LogP contribution in [0.1, 0.15) is 38.8 Å².